The predicted octanol–water partition coefficient (Wildman–Crippen LogP) is 2.41. The number of rotatable bonds is 5. The van der Waals surface area contributed by atoms with Crippen LogP contribution in [0.4, 0.5) is 4.79 Å². The van der Waals surface area contributed by atoms with Crippen molar-refractivity contribution in [3.05, 3.63) is 34.2 Å². The van der Waals surface area contributed by atoms with Crippen LogP contribution in [0.15, 0.2) is 23.0 Å². The zero-order chi connectivity index (χ0) is 28.3. The second kappa shape index (κ2) is 9.53. The number of carbonyl (C=O) groups is 4. The van der Waals surface area contributed by atoms with E-state index in [1.54, 1.807) is 18.0 Å². The summed E-state index contributed by atoms with van der Waals surface area (Å²) < 4.78 is 3.00. The molecular weight excluding hydrogens is 502 g/mol. The van der Waals surface area contributed by atoms with Gasteiger partial charge in [0.2, 0.25) is 17.7 Å². The standard InChI is InChI=1S/C28H37N5O6/c1-27(2,3)28-14-13-18(33(28)26(38)39)15-31(16-28)22(35)10-6-8-17-7-5-9-19-23(17)30(4)25(37)32(19)20-11-12-21(34)29-24(20)36/h5,7,9,18,20H,6,8,10-16H2,1-4H3,(H,38,39)(H,29,34,36)/t18-,20?,28-/m0/s1. The number of para-hydroxylation sites is 1. The molecule has 11 heteroatoms. The van der Waals surface area contributed by atoms with Crippen molar-refractivity contribution in [1.29, 1.82) is 0 Å². The lowest BCUT2D eigenvalue weighted by Gasteiger charge is -2.54. The van der Waals surface area contributed by atoms with Gasteiger partial charge in [0.15, 0.2) is 0 Å². The monoisotopic (exact) mass is 539 g/mol. The molecule has 3 atom stereocenters. The Kier molecular flexibility index (Phi) is 6.59. The van der Waals surface area contributed by atoms with E-state index in [9.17, 15) is 29.1 Å². The number of fused-ring (bicyclic) bond motifs is 3. The molecule has 3 fully saturated rings. The first-order chi connectivity index (χ1) is 18.4. The van der Waals surface area contributed by atoms with E-state index in [1.165, 1.54) is 9.13 Å². The van der Waals surface area contributed by atoms with Crippen LogP contribution in [0.3, 0.4) is 0 Å². The predicted molar refractivity (Wildman–Crippen MR) is 143 cm³/mol. The highest BCUT2D eigenvalue weighted by Crippen LogP contribution is 2.49. The number of amides is 4. The van der Waals surface area contributed by atoms with Gasteiger partial charge in [-0.05, 0) is 49.1 Å². The highest BCUT2D eigenvalue weighted by atomic mass is 16.4. The highest BCUT2D eigenvalue weighted by Gasteiger charge is 2.59. The van der Waals surface area contributed by atoms with Crippen molar-refractivity contribution in [2.24, 2.45) is 12.5 Å². The van der Waals surface area contributed by atoms with Gasteiger partial charge in [-0.3, -0.25) is 33.7 Å². The topological polar surface area (TPSA) is 134 Å². The van der Waals surface area contributed by atoms with Gasteiger partial charge < -0.3 is 10.0 Å². The summed E-state index contributed by atoms with van der Waals surface area (Å²) in [6.45, 7) is 6.96. The molecule has 4 amide bonds. The Labute approximate surface area is 226 Å². The van der Waals surface area contributed by atoms with Gasteiger partial charge >= 0.3 is 11.8 Å². The first-order valence-electron chi connectivity index (χ1n) is 13.7. The molecule has 1 unspecified atom stereocenters. The van der Waals surface area contributed by atoms with Gasteiger partial charge in [0, 0.05) is 33.0 Å². The first-order valence-corrected chi connectivity index (χ1v) is 13.7. The molecule has 3 aliphatic rings. The molecule has 1 aromatic carbocycles. The van der Waals surface area contributed by atoms with Gasteiger partial charge in [-0.15, -0.1) is 0 Å². The number of hydrogen-bond donors (Lipinski definition) is 2. The number of nitrogens with zero attached hydrogens (tertiary/aromatic N) is 4. The zero-order valence-corrected chi connectivity index (χ0v) is 23.0. The maximum absolute atomic E-state index is 13.3. The average Bonchev–Trinajstić information content (AvgIpc) is 3.27. The molecule has 0 radical (unpaired) electrons. The fraction of sp³-hybridized carbons (Fsp3) is 0.607. The molecule has 3 saturated heterocycles. The quantitative estimate of drug-likeness (QED) is 0.561. The molecule has 0 spiro atoms. The summed E-state index contributed by atoms with van der Waals surface area (Å²) in [6.07, 6.45) is 2.50. The molecule has 3 aliphatic heterocycles. The summed E-state index contributed by atoms with van der Waals surface area (Å²) in [6, 6.07) is 4.65. The minimum absolute atomic E-state index is 0.0164. The van der Waals surface area contributed by atoms with Gasteiger partial charge in [-0.1, -0.05) is 32.9 Å². The highest BCUT2D eigenvalue weighted by molar-refractivity contribution is 6.00. The van der Waals surface area contributed by atoms with Crippen LogP contribution in [0.1, 0.15) is 70.9 Å². The summed E-state index contributed by atoms with van der Waals surface area (Å²) >= 11 is 0. The number of hydrogen-bond acceptors (Lipinski definition) is 5. The summed E-state index contributed by atoms with van der Waals surface area (Å²) in [5.74, 6) is -0.787. The maximum Gasteiger partial charge on any atom is 0.408 e. The van der Waals surface area contributed by atoms with E-state index in [0.717, 1.165) is 23.9 Å². The SMILES string of the molecule is Cn1c(=O)n(C2CCC(=O)NC2=O)c2cccc(CCCC(=O)N3C[C@@H]4CC[C@@](C(C)(C)C)(C3)N4C(=O)O)c21. The van der Waals surface area contributed by atoms with Crippen molar-refractivity contribution in [2.45, 2.75) is 83.3 Å². The number of benzene rings is 1. The van der Waals surface area contributed by atoms with E-state index in [4.69, 9.17) is 0 Å². The van der Waals surface area contributed by atoms with Crippen LogP contribution in [0.2, 0.25) is 0 Å². The van der Waals surface area contributed by atoms with Gasteiger partial charge in [-0.25, -0.2) is 9.59 Å². The van der Waals surface area contributed by atoms with Crippen LogP contribution in [-0.2, 0) is 27.9 Å². The third-order valence-corrected chi connectivity index (χ3v) is 9.10. The van der Waals surface area contributed by atoms with Crippen molar-refractivity contribution in [3.63, 3.8) is 0 Å². The lowest BCUT2D eigenvalue weighted by atomic mass is 9.71. The normalized spacial score (nSPS) is 25.3. The largest absolute Gasteiger partial charge is 0.465 e. The Morgan fingerprint density at radius 1 is 1.15 bits per heavy atom. The Hall–Kier alpha value is -3.63. The third kappa shape index (κ3) is 4.31. The van der Waals surface area contributed by atoms with Gasteiger partial charge in [0.1, 0.15) is 6.04 Å². The Morgan fingerprint density at radius 3 is 2.56 bits per heavy atom. The molecule has 2 aromatic rings. The molecule has 0 saturated carbocycles. The van der Waals surface area contributed by atoms with Crippen molar-refractivity contribution >= 4 is 34.8 Å². The Morgan fingerprint density at radius 2 is 1.90 bits per heavy atom. The second-order valence-electron chi connectivity index (χ2n) is 12.2. The van der Waals surface area contributed by atoms with E-state index in [1.807, 2.05) is 37.8 Å². The molecule has 0 aliphatic carbocycles. The van der Waals surface area contributed by atoms with Crippen LogP contribution < -0.4 is 11.0 Å². The first kappa shape index (κ1) is 27.0. The fourth-order valence-electron chi connectivity index (χ4n) is 7.01. The number of carboxylic acid groups (broad SMARTS) is 1. The average molecular weight is 540 g/mol. The van der Waals surface area contributed by atoms with Crippen LogP contribution in [-0.4, -0.2) is 72.5 Å². The molecule has 5 rings (SSSR count). The number of imidazole rings is 1. The number of aryl methyl sites for hydroxylation is 2. The van der Waals surface area contributed by atoms with Gasteiger partial charge in [0.25, 0.3) is 0 Å². The molecular formula is C28H37N5O6. The summed E-state index contributed by atoms with van der Waals surface area (Å²) in [4.78, 5) is 66.2. The number of likely N-dealkylation sites (tertiary alicyclic amines) is 1. The molecule has 39 heavy (non-hydrogen) atoms. The van der Waals surface area contributed by atoms with Crippen molar-refractivity contribution in [3.8, 4) is 0 Å². The Bertz CT molecular complexity index is 1420. The fourth-order valence-corrected chi connectivity index (χ4v) is 7.01. The summed E-state index contributed by atoms with van der Waals surface area (Å²) in [5, 5.41) is 12.3. The zero-order valence-electron chi connectivity index (χ0n) is 23.0. The summed E-state index contributed by atoms with van der Waals surface area (Å²) in [5.41, 5.74) is 1.04. The third-order valence-electron chi connectivity index (χ3n) is 9.10. The smallest absolute Gasteiger partial charge is 0.408 e. The van der Waals surface area contributed by atoms with E-state index in [2.05, 4.69) is 5.32 Å². The van der Waals surface area contributed by atoms with Crippen molar-refractivity contribution in [2.75, 3.05) is 13.1 Å². The van der Waals surface area contributed by atoms with E-state index >= 15 is 0 Å². The van der Waals surface area contributed by atoms with Gasteiger partial charge in [0.05, 0.1) is 22.6 Å². The van der Waals surface area contributed by atoms with E-state index < -0.39 is 23.6 Å². The number of aromatic nitrogens is 2. The van der Waals surface area contributed by atoms with Crippen LogP contribution in [0.25, 0.3) is 11.0 Å². The number of piperazine rings is 1. The minimum Gasteiger partial charge on any atom is -0.465 e. The number of carbonyl (C=O) groups excluding carboxylic acids is 3. The molecule has 2 bridgehead atoms. The minimum atomic E-state index is -0.914. The molecule has 1 aromatic heterocycles. The molecule has 4 heterocycles. The summed E-state index contributed by atoms with van der Waals surface area (Å²) in [7, 11) is 1.67. The molecule has 11 nitrogen and oxygen atoms in total. The number of imide groups is 1. The van der Waals surface area contributed by atoms with Crippen molar-refractivity contribution < 1.29 is 24.3 Å². The van der Waals surface area contributed by atoms with Gasteiger partial charge in [-0.2, -0.15) is 0 Å². The van der Waals surface area contributed by atoms with Crippen LogP contribution in [0.5, 0.6) is 0 Å². The molecule has 210 valence electrons. The number of piperidine rings is 1. The Balaban J connectivity index is 1.32. The lowest BCUT2D eigenvalue weighted by Crippen LogP contribution is -2.68. The second-order valence-corrected chi connectivity index (χ2v) is 12.2. The van der Waals surface area contributed by atoms with E-state index in [-0.39, 0.29) is 41.8 Å². The van der Waals surface area contributed by atoms with Crippen molar-refractivity contribution in [1.82, 2.24) is 24.3 Å². The maximum atomic E-state index is 13.3. The van der Waals surface area contributed by atoms with Crippen LogP contribution in [0, 0.1) is 5.41 Å². The lowest BCUT2D eigenvalue weighted by molar-refractivity contribution is -0.140. The van der Waals surface area contributed by atoms with E-state index in [0.29, 0.717) is 37.9 Å². The molecule has 2 N–H and O–H groups in total. The van der Waals surface area contributed by atoms with Crippen LogP contribution >= 0.6 is 0 Å². The number of nitrogens with one attached hydrogen (secondary N) is 1.